The summed E-state index contributed by atoms with van der Waals surface area (Å²) in [4.78, 5) is 11.8. The highest BCUT2D eigenvalue weighted by Crippen LogP contribution is 2.05. The number of benzene rings is 1. The Kier molecular flexibility index (Phi) is 4.69. The number of hydrogen-bond donors (Lipinski definition) is 3. The fraction of sp³-hybridized carbons (Fsp3) is 0.462. The zero-order chi connectivity index (χ0) is 12.8. The lowest BCUT2D eigenvalue weighted by Crippen LogP contribution is -2.47. The van der Waals surface area contributed by atoms with Crippen molar-refractivity contribution >= 4 is 5.91 Å². The van der Waals surface area contributed by atoms with Gasteiger partial charge in [-0.2, -0.15) is 0 Å². The van der Waals surface area contributed by atoms with Crippen LogP contribution in [0, 0.1) is 0 Å². The molecule has 1 saturated heterocycles. The highest BCUT2D eigenvalue weighted by Gasteiger charge is 2.21. The third kappa shape index (κ3) is 3.53. The summed E-state index contributed by atoms with van der Waals surface area (Å²) in [5.74, 6) is -0.100. The molecule has 0 bridgehead atoms. The van der Waals surface area contributed by atoms with Gasteiger partial charge >= 0.3 is 0 Å². The van der Waals surface area contributed by atoms with Gasteiger partial charge in [0.1, 0.15) is 6.10 Å². The average molecular weight is 250 g/mol. The van der Waals surface area contributed by atoms with Crippen molar-refractivity contribution in [3.63, 3.8) is 0 Å². The predicted octanol–water partition coefficient (Wildman–Crippen LogP) is -0.217. The molecule has 1 amide bonds. The van der Waals surface area contributed by atoms with E-state index < -0.39 is 6.10 Å². The van der Waals surface area contributed by atoms with Gasteiger partial charge in [0.15, 0.2) is 0 Å². The zero-order valence-corrected chi connectivity index (χ0v) is 10.2. The topological polar surface area (TPSA) is 70.6 Å². The number of amides is 1. The molecule has 1 aromatic carbocycles. The van der Waals surface area contributed by atoms with E-state index in [-0.39, 0.29) is 12.5 Å². The smallest absolute Gasteiger partial charge is 0.250 e. The highest BCUT2D eigenvalue weighted by molar-refractivity contribution is 5.81. The largest absolute Gasteiger partial charge is 0.392 e. The molecule has 2 rings (SSSR count). The van der Waals surface area contributed by atoms with E-state index in [4.69, 9.17) is 9.84 Å². The van der Waals surface area contributed by atoms with Gasteiger partial charge < -0.3 is 20.5 Å². The van der Waals surface area contributed by atoms with Crippen molar-refractivity contribution in [2.75, 3.05) is 19.7 Å². The molecule has 1 heterocycles. The molecule has 1 atom stereocenters. The number of hydrogen-bond acceptors (Lipinski definition) is 4. The number of nitrogens with one attached hydrogen (secondary N) is 2. The van der Waals surface area contributed by atoms with Gasteiger partial charge in [0.25, 0.3) is 5.91 Å². The quantitative estimate of drug-likeness (QED) is 0.691. The third-order valence-electron chi connectivity index (χ3n) is 2.86. The molecule has 0 radical (unpaired) electrons. The van der Waals surface area contributed by atoms with E-state index in [0.717, 1.165) is 17.7 Å². The third-order valence-corrected chi connectivity index (χ3v) is 2.86. The lowest BCUT2D eigenvalue weighted by Gasteiger charge is -2.22. The number of aliphatic hydroxyl groups is 1. The van der Waals surface area contributed by atoms with Crippen LogP contribution in [0.25, 0.3) is 0 Å². The van der Waals surface area contributed by atoms with Crippen molar-refractivity contribution in [1.29, 1.82) is 0 Å². The summed E-state index contributed by atoms with van der Waals surface area (Å²) < 4.78 is 5.36. The van der Waals surface area contributed by atoms with Gasteiger partial charge in [0.2, 0.25) is 0 Å². The van der Waals surface area contributed by atoms with Crippen molar-refractivity contribution in [3.8, 4) is 0 Å². The Bertz CT molecular complexity index is 403. The highest BCUT2D eigenvalue weighted by atomic mass is 16.5. The van der Waals surface area contributed by atoms with Crippen LogP contribution in [0.15, 0.2) is 24.3 Å². The van der Waals surface area contributed by atoms with Crippen molar-refractivity contribution in [2.45, 2.75) is 19.3 Å². The molecule has 1 aliphatic rings. The van der Waals surface area contributed by atoms with E-state index >= 15 is 0 Å². The van der Waals surface area contributed by atoms with Crippen LogP contribution < -0.4 is 10.6 Å². The Morgan fingerprint density at radius 3 is 3.06 bits per heavy atom. The first-order valence-corrected chi connectivity index (χ1v) is 6.08. The normalized spacial score (nSPS) is 19.5. The first-order chi connectivity index (χ1) is 8.79. The second-order valence-corrected chi connectivity index (χ2v) is 4.26. The Balaban J connectivity index is 1.84. The van der Waals surface area contributed by atoms with Crippen LogP contribution >= 0.6 is 0 Å². The minimum atomic E-state index is -0.403. The zero-order valence-electron chi connectivity index (χ0n) is 10.2. The van der Waals surface area contributed by atoms with Crippen LogP contribution in [0.4, 0.5) is 0 Å². The number of carbonyl (C=O) groups excluding carboxylic acids is 1. The summed E-state index contributed by atoms with van der Waals surface area (Å²) >= 11 is 0. The number of ether oxygens (including phenoxy) is 1. The van der Waals surface area contributed by atoms with Crippen LogP contribution in [-0.4, -0.2) is 36.8 Å². The lowest BCUT2D eigenvalue weighted by molar-refractivity contribution is -0.134. The summed E-state index contributed by atoms with van der Waals surface area (Å²) in [5, 5.41) is 15.0. The van der Waals surface area contributed by atoms with E-state index in [0.29, 0.717) is 19.7 Å². The van der Waals surface area contributed by atoms with Gasteiger partial charge in [-0.15, -0.1) is 0 Å². The summed E-state index contributed by atoms with van der Waals surface area (Å²) in [6, 6.07) is 7.50. The maximum atomic E-state index is 11.8. The average Bonchev–Trinajstić information content (AvgIpc) is 2.46. The Labute approximate surface area is 106 Å². The summed E-state index contributed by atoms with van der Waals surface area (Å²) in [6.07, 6.45) is -0.403. The first-order valence-electron chi connectivity index (χ1n) is 6.08. The summed E-state index contributed by atoms with van der Waals surface area (Å²) in [7, 11) is 0. The van der Waals surface area contributed by atoms with Crippen molar-refractivity contribution in [2.24, 2.45) is 0 Å². The molecule has 5 heteroatoms. The maximum absolute atomic E-state index is 11.8. The van der Waals surface area contributed by atoms with E-state index in [2.05, 4.69) is 10.6 Å². The van der Waals surface area contributed by atoms with E-state index in [1.165, 1.54) is 0 Å². The minimum Gasteiger partial charge on any atom is -0.392 e. The minimum absolute atomic E-state index is 0.0114. The molecule has 1 aromatic rings. The van der Waals surface area contributed by atoms with Crippen LogP contribution in [-0.2, 0) is 22.7 Å². The lowest BCUT2D eigenvalue weighted by atomic mass is 10.1. The molecule has 1 aliphatic heterocycles. The van der Waals surface area contributed by atoms with E-state index in [9.17, 15) is 4.79 Å². The van der Waals surface area contributed by atoms with Gasteiger partial charge in [0.05, 0.1) is 13.2 Å². The SMILES string of the molecule is O=C(NCc1cccc(CO)c1)C1CNCCO1. The Morgan fingerprint density at radius 1 is 1.50 bits per heavy atom. The molecule has 1 unspecified atom stereocenters. The molecule has 0 aliphatic carbocycles. The van der Waals surface area contributed by atoms with Gasteiger partial charge in [-0.1, -0.05) is 24.3 Å². The number of rotatable bonds is 4. The van der Waals surface area contributed by atoms with E-state index in [1.807, 2.05) is 24.3 Å². The first kappa shape index (κ1) is 13.0. The number of carbonyl (C=O) groups is 1. The molecule has 98 valence electrons. The van der Waals surface area contributed by atoms with Gasteiger partial charge in [0, 0.05) is 19.6 Å². The Morgan fingerprint density at radius 2 is 2.33 bits per heavy atom. The molecule has 0 aromatic heterocycles. The molecular formula is C13H18N2O3. The van der Waals surface area contributed by atoms with Crippen LogP contribution in [0.2, 0.25) is 0 Å². The monoisotopic (exact) mass is 250 g/mol. The van der Waals surface area contributed by atoms with Crippen molar-refractivity contribution in [3.05, 3.63) is 35.4 Å². The Hall–Kier alpha value is -1.43. The van der Waals surface area contributed by atoms with Crippen LogP contribution in [0.3, 0.4) is 0 Å². The number of morpholine rings is 1. The standard InChI is InChI=1S/C13H18N2O3/c16-9-11-3-1-2-10(6-11)7-15-13(17)12-8-14-4-5-18-12/h1-3,6,12,14,16H,4-5,7-9H2,(H,15,17). The molecule has 0 spiro atoms. The number of aliphatic hydroxyl groups excluding tert-OH is 1. The van der Waals surface area contributed by atoms with Crippen LogP contribution in [0.1, 0.15) is 11.1 Å². The predicted molar refractivity (Wildman–Crippen MR) is 66.8 cm³/mol. The second kappa shape index (κ2) is 6.49. The van der Waals surface area contributed by atoms with E-state index in [1.54, 1.807) is 0 Å². The summed E-state index contributed by atoms with van der Waals surface area (Å²) in [6.45, 7) is 2.38. The molecular weight excluding hydrogens is 232 g/mol. The second-order valence-electron chi connectivity index (χ2n) is 4.26. The molecule has 18 heavy (non-hydrogen) atoms. The molecule has 5 nitrogen and oxygen atoms in total. The fourth-order valence-electron chi connectivity index (χ4n) is 1.87. The van der Waals surface area contributed by atoms with Crippen molar-refractivity contribution < 1.29 is 14.6 Å². The molecule has 0 saturated carbocycles. The maximum Gasteiger partial charge on any atom is 0.250 e. The van der Waals surface area contributed by atoms with Gasteiger partial charge in [-0.3, -0.25) is 4.79 Å². The molecule has 1 fully saturated rings. The summed E-state index contributed by atoms with van der Waals surface area (Å²) in [5.41, 5.74) is 1.82. The fourth-order valence-corrected chi connectivity index (χ4v) is 1.87. The molecule has 3 N–H and O–H groups in total. The van der Waals surface area contributed by atoms with Crippen LogP contribution in [0.5, 0.6) is 0 Å². The van der Waals surface area contributed by atoms with Crippen molar-refractivity contribution in [1.82, 2.24) is 10.6 Å². The van der Waals surface area contributed by atoms with Gasteiger partial charge in [-0.05, 0) is 11.1 Å². The van der Waals surface area contributed by atoms with Gasteiger partial charge in [-0.25, -0.2) is 0 Å².